The molecule has 0 fully saturated rings. The molecule has 0 aliphatic heterocycles. The van der Waals surface area contributed by atoms with E-state index in [1.54, 1.807) is 18.3 Å². The number of hydrazone groups is 1. The standard InChI is InChI=1S/C14H13N5O2S.Cu/c1-10(13-4-2-3-9-15-13)17-18-14(22)16-11-5-7-12(8-6-11)19(20)21;/h2-9H,1H3,(H2,16,18,22);/q;+2. The van der Waals surface area contributed by atoms with Gasteiger partial charge >= 0.3 is 17.1 Å². The summed E-state index contributed by atoms with van der Waals surface area (Å²) in [6, 6.07) is 11.5. The molecule has 2 N–H and O–H groups in total. The van der Waals surface area contributed by atoms with Crippen LogP contribution in [-0.2, 0) is 17.1 Å². The van der Waals surface area contributed by atoms with Crippen molar-refractivity contribution >= 4 is 34.4 Å². The Bertz CT molecular complexity index is 707. The van der Waals surface area contributed by atoms with E-state index in [0.717, 1.165) is 5.69 Å². The van der Waals surface area contributed by atoms with Crippen molar-refractivity contribution in [2.24, 2.45) is 5.10 Å². The van der Waals surface area contributed by atoms with Crippen molar-refractivity contribution in [2.45, 2.75) is 6.92 Å². The molecule has 0 amide bonds. The van der Waals surface area contributed by atoms with Crippen LogP contribution < -0.4 is 10.7 Å². The second kappa shape index (κ2) is 8.94. The molecule has 0 saturated heterocycles. The maximum Gasteiger partial charge on any atom is 2.00 e. The molecule has 1 heterocycles. The summed E-state index contributed by atoms with van der Waals surface area (Å²) in [6.07, 6.45) is 1.68. The van der Waals surface area contributed by atoms with Crippen LogP contribution in [0.4, 0.5) is 11.4 Å². The monoisotopic (exact) mass is 378 g/mol. The van der Waals surface area contributed by atoms with Gasteiger partial charge in [-0.15, -0.1) is 0 Å². The zero-order chi connectivity index (χ0) is 15.9. The summed E-state index contributed by atoms with van der Waals surface area (Å²) in [5.41, 5.74) is 4.79. The zero-order valence-electron chi connectivity index (χ0n) is 12.0. The van der Waals surface area contributed by atoms with Crippen LogP contribution in [-0.4, -0.2) is 20.7 Å². The van der Waals surface area contributed by atoms with Crippen LogP contribution in [0.3, 0.4) is 0 Å². The van der Waals surface area contributed by atoms with Crippen LogP contribution >= 0.6 is 12.2 Å². The number of thiocarbonyl (C=S) groups is 1. The summed E-state index contributed by atoms with van der Waals surface area (Å²) in [7, 11) is 0. The van der Waals surface area contributed by atoms with Gasteiger partial charge in [0, 0.05) is 24.0 Å². The number of rotatable bonds is 4. The van der Waals surface area contributed by atoms with E-state index in [9.17, 15) is 10.1 Å². The molecule has 0 atom stereocenters. The topological polar surface area (TPSA) is 92.5 Å². The first-order valence-corrected chi connectivity index (χ1v) is 6.74. The van der Waals surface area contributed by atoms with Gasteiger partial charge in [-0.3, -0.25) is 20.5 Å². The number of hydrogen-bond donors (Lipinski definition) is 2. The summed E-state index contributed by atoms with van der Waals surface area (Å²) in [4.78, 5) is 14.3. The van der Waals surface area contributed by atoms with Gasteiger partial charge in [0.05, 0.1) is 16.3 Å². The number of aromatic nitrogens is 1. The minimum atomic E-state index is -0.457. The van der Waals surface area contributed by atoms with Crippen LogP contribution in [0.2, 0.25) is 0 Å². The molecular formula is C14H13CuN5O2S+2. The minimum absolute atomic E-state index is 0. The molecule has 1 radical (unpaired) electrons. The van der Waals surface area contributed by atoms with Gasteiger partial charge < -0.3 is 5.32 Å². The van der Waals surface area contributed by atoms with E-state index in [4.69, 9.17) is 12.2 Å². The molecule has 0 unspecified atom stereocenters. The molecule has 1 aromatic heterocycles. The van der Waals surface area contributed by atoms with E-state index < -0.39 is 4.92 Å². The van der Waals surface area contributed by atoms with E-state index in [-0.39, 0.29) is 27.9 Å². The smallest absolute Gasteiger partial charge is 0.331 e. The first kappa shape index (κ1) is 18.7. The average molecular weight is 379 g/mol. The van der Waals surface area contributed by atoms with Gasteiger partial charge in [-0.2, -0.15) is 5.10 Å². The van der Waals surface area contributed by atoms with Gasteiger partial charge in [-0.1, -0.05) is 6.07 Å². The molecule has 9 heteroatoms. The number of nitro benzene ring substituents is 1. The van der Waals surface area contributed by atoms with E-state index in [2.05, 4.69) is 20.8 Å². The third kappa shape index (κ3) is 5.74. The average Bonchev–Trinajstić information content (AvgIpc) is 2.54. The number of benzene rings is 1. The first-order valence-electron chi connectivity index (χ1n) is 6.33. The molecule has 0 spiro atoms. The predicted octanol–water partition coefficient (Wildman–Crippen LogP) is 2.70. The third-order valence-electron chi connectivity index (χ3n) is 2.70. The maximum atomic E-state index is 10.6. The van der Waals surface area contributed by atoms with Gasteiger partial charge in [0.1, 0.15) is 0 Å². The Kier molecular flexibility index (Phi) is 7.27. The Labute approximate surface area is 148 Å². The molecule has 1 aromatic carbocycles. The summed E-state index contributed by atoms with van der Waals surface area (Å²) in [5, 5.41) is 17.9. The Balaban J connectivity index is 0.00000264. The molecule has 2 aromatic rings. The number of nitro groups is 1. The Morgan fingerprint density at radius 3 is 2.52 bits per heavy atom. The van der Waals surface area contributed by atoms with Crippen LogP contribution in [0, 0.1) is 10.1 Å². The van der Waals surface area contributed by atoms with Gasteiger partial charge in [-0.25, -0.2) is 0 Å². The number of nitrogens with one attached hydrogen (secondary N) is 2. The van der Waals surface area contributed by atoms with Gasteiger partial charge in [0.15, 0.2) is 5.11 Å². The van der Waals surface area contributed by atoms with Crippen molar-refractivity contribution in [3.05, 3.63) is 64.5 Å². The summed E-state index contributed by atoms with van der Waals surface area (Å²) in [6.45, 7) is 1.81. The van der Waals surface area contributed by atoms with Crippen LogP contribution in [0.5, 0.6) is 0 Å². The molecule has 0 bridgehead atoms. The summed E-state index contributed by atoms with van der Waals surface area (Å²) in [5.74, 6) is 0. The van der Waals surface area contributed by atoms with Crippen LogP contribution in [0.25, 0.3) is 0 Å². The number of non-ortho nitro benzene ring substituents is 1. The van der Waals surface area contributed by atoms with Gasteiger partial charge in [-0.05, 0) is 43.4 Å². The molecule has 0 aliphatic rings. The van der Waals surface area contributed by atoms with E-state index >= 15 is 0 Å². The fraction of sp³-hybridized carbons (Fsp3) is 0.0714. The molecule has 121 valence electrons. The number of hydrogen-bond acceptors (Lipinski definition) is 5. The molecular weight excluding hydrogens is 366 g/mol. The number of anilines is 1. The number of pyridine rings is 1. The van der Waals surface area contributed by atoms with E-state index in [1.165, 1.54) is 12.1 Å². The second-order valence-corrected chi connectivity index (χ2v) is 4.69. The summed E-state index contributed by atoms with van der Waals surface area (Å²) < 4.78 is 0. The van der Waals surface area contributed by atoms with Crippen molar-refractivity contribution in [1.29, 1.82) is 0 Å². The van der Waals surface area contributed by atoms with Crippen molar-refractivity contribution < 1.29 is 22.0 Å². The van der Waals surface area contributed by atoms with E-state index in [1.807, 2.05) is 25.1 Å². The van der Waals surface area contributed by atoms with Crippen molar-refractivity contribution in [3.8, 4) is 0 Å². The van der Waals surface area contributed by atoms with Crippen molar-refractivity contribution in [3.63, 3.8) is 0 Å². The molecule has 7 nitrogen and oxygen atoms in total. The quantitative estimate of drug-likeness (QED) is 0.279. The fourth-order valence-corrected chi connectivity index (χ4v) is 1.76. The van der Waals surface area contributed by atoms with Crippen molar-refractivity contribution in [1.82, 2.24) is 10.4 Å². The normalized spacial score (nSPS) is 10.4. The Hall–Kier alpha value is -2.35. The zero-order valence-corrected chi connectivity index (χ0v) is 13.7. The van der Waals surface area contributed by atoms with Gasteiger partial charge in [0.25, 0.3) is 5.69 Å². The fourth-order valence-electron chi connectivity index (χ4n) is 1.59. The van der Waals surface area contributed by atoms with Crippen molar-refractivity contribution in [2.75, 3.05) is 5.32 Å². The first-order chi connectivity index (χ1) is 10.6. The predicted molar refractivity (Wildman–Crippen MR) is 88.9 cm³/mol. The molecule has 23 heavy (non-hydrogen) atoms. The molecule has 0 saturated carbocycles. The maximum absolute atomic E-state index is 10.6. The number of nitrogens with zero attached hydrogens (tertiary/aromatic N) is 3. The van der Waals surface area contributed by atoms with E-state index in [0.29, 0.717) is 11.4 Å². The van der Waals surface area contributed by atoms with Crippen LogP contribution in [0.1, 0.15) is 12.6 Å². The molecule has 2 rings (SSSR count). The second-order valence-electron chi connectivity index (χ2n) is 4.28. The Morgan fingerprint density at radius 2 is 1.96 bits per heavy atom. The summed E-state index contributed by atoms with van der Waals surface area (Å²) >= 11 is 5.11. The Morgan fingerprint density at radius 1 is 1.26 bits per heavy atom. The SMILES string of the molecule is CC(=NNC(=S)Nc1ccc([N+](=O)[O-])cc1)c1ccccn1.[Cu+2]. The molecule has 0 aliphatic carbocycles. The minimum Gasteiger partial charge on any atom is -0.331 e. The van der Waals surface area contributed by atoms with Gasteiger partial charge in [0.2, 0.25) is 0 Å². The van der Waals surface area contributed by atoms with Crippen LogP contribution in [0.15, 0.2) is 53.8 Å². The largest absolute Gasteiger partial charge is 2.00 e. The third-order valence-corrected chi connectivity index (χ3v) is 2.89.